The van der Waals surface area contributed by atoms with Crippen molar-refractivity contribution in [1.29, 1.82) is 0 Å². The van der Waals surface area contributed by atoms with E-state index >= 15 is 0 Å². The lowest BCUT2D eigenvalue weighted by Gasteiger charge is -2.28. The molecule has 3 N–H and O–H groups in total. The summed E-state index contributed by atoms with van der Waals surface area (Å²) in [6, 6.07) is 0. The van der Waals surface area contributed by atoms with E-state index in [4.69, 9.17) is 5.73 Å². The van der Waals surface area contributed by atoms with E-state index < -0.39 is 0 Å². The van der Waals surface area contributed by atoms with Gasteiger partial charge >= 0.3 is 0 Å². The molecule has 0 unspecified atom stereocenters. The second-order valence-electron chi connectivity index (χ2n) is 8.26. The first kappa shape index (κ1) is 24.2. The van der Waals surface area contributed by atoms with Crippen LogP contribution in [0.2, 0.25) is 0 Å². The number of allylic oxidation sites excluding steroid dienone is 1. The van der Waals surface area contributed by atoms with Crippen molar-refractivity contribution >= 4 is 34.8 Å². The highest BCUT2D eigenvalue weighted by Crippen LogP contribution is 2.29. The summed E-state index contributed by atoms with van der Waals surface area (Å²) in [7, 11) is 4.25. The highest BCUT2D eigenvalue weighted by molar-refractivity contribution is 8.04. The summed E-state index contributed by atoms with van der Waals surface area (Å²) in [6.07, 6.45) is 13.5. The molecule has 3 heterocycles. The van der Waals surface area contributed by atoms with E-state index in [1.54, 1.807) is 18.0 Å². The number of nitrogens with two attached hydrogens (primary N) is 1. The van der Waals surface area contributed by atoms with E-state index in [1.165, 1.54) is 29.0 Å². The van der Waals surface area contributed by atoms with E-state index in [9.17, 15) is 5.41 Å². The predicted molar refractivity (Wildman–Crippen MR) is 137 cm³/mol. The lowest BCUT2D eigenvalue weighted by molar-refractivity contribution is 0.361. The molecule has 8 heteroatoms. The van der Waals surface area contributed by atoms with Crippen LogP contribution in [0, 0.1) is 0 Å². The quantitative estimate of drug-likeness (QED) is 0.293. The molecule has 0 atom stereocenters. The topological polar surface area (TPSA) is 83.5 Å². The van der Waals surface area contributed by atoms with Gasteiger partial charge < -0.3 is 20.9 Å². The minimum Gasteiger partial charge on any atom is -0.803 e. The highest BCUT2D eigenvalue weighted by Gasteiger charge is 2.15. The van der Waals surface area contributed by atoms with Crippen LogP contribution in [0.15, 0.2) is 39.9 Å². The number of unbranched alkanes of at least 4 members (excludes halogenated alkanes) is 2. The zero-order valence-corrected chi connectivity index (χ0v) is 20.4. The number of aromatic nitrogens is 2. The Morgan fingerprint density at radius 3 is 2.61 bits per heavy atom. The maximum absolute atomic E-state index is 10.6. The van der Waals surface area contributed by atoms with E-state index in [2.05, 4.69) is 46.2 Å². The molecule has 0 spiro atoms. The first-order chi connectivity index (χ1) is 15.1. The van der Waals surface area contributed by atoms with Crippen molar-refractivity contribution in [2.24, 2.45) is 5.73 Å². The summed E-state index contributed by atoms with van der Waals surface area (Å²) in [5, 5.41) is 18.1. The van der Waals surface area contributed by atoms with Crippen molar-refractivity contribution in [1.82, 2.24) is 20.0 Å². The molecule has 0 bridgehead atoms. The van der Waals surface area contributed by atoms with Crippen molar-refractivity contribution < 1.29 is 0 Å². The molecule has 1 aromatic rings. The molecule has 2 aliphatic rings. The lowest BCUT2D eigenvalue weighted by Crippen LogP contribution is -2.28. The van der Waals surface area contributed by atoms with Gasteiger partial charge in [-0.15, -0.1) is 29.2 Å². The molecule has 170 valence electrons. The fourth-order valence-corrected chi connectivity index (χ4v) is 5.80. The van der Waals surface area contributed by atoms with Gasteiger partial charge in [0.2, 0.25) is 0 Å². The molecule has 6 nitrogen and oxygen atoms in total. The summed E-state index contributed by atoms with van der Waals surface area (Å²) in [5.74, 6) is 2.06. The van der Waals surface area contributed by atoms with Crippen LogP contribution in [-0.2, 0) is 0 Å². The summed E-state index contributed by atoms with van der Waals surface area (Å²) in [4.78, 5) is 6.63. The lowest BCUT2D eigenvalue weighted by atomic mass is 10.1. The Kier molecular flexibility index (Phi) is 9.77. The number of thioether (sulfide) groups is 2. The monoisotopic (exact) mass is 459 g/mol. The molecule has 1 aromatic heterocycles. The third-order valence-electron chi connectivity index (χ3n) is 5.60. The molecule has 0 aliphatic carbocycles. The average Bonchev–Trinajstić information content (AvgIpc) is 3.24. The Balaban J connectivity index is 1.34. The van der Waals surface area contributed by atoms with Gasteiger partial charge in [-0.1, -0.05) is 24.1 Å². The second kappa shape index (κ2) is 12.5. The van der Waals surface area contributed by atoms with Gasteiger partial charge in [-0.2, -0.15) is 5.10 Å². The van der Waals surface area contributed by atoms with Gasteiger partial charge in [0.15, 0.2) is 0 Å². The number of H-pyrrole nitrogens is 1. The Morgan fingerprint density at radius 2 is 1.87 bits per heavy atom. The van der Waals surface area contributed by atoms with Crippen LogP contribution in [-0.4, -0.2) is 77.5 Å². The molecule has 0 saturated carbocycles. The van der Waals surface area contributed by atoms with Gasteiger partial charge in [-0.05, 0) is 56.9 Å². The number of nitrogens with one attached hydrogen (secondary N) is 1. The van der Waals surface area contributed by atoms with Crippen LogP contribution in [0.1, 0.15) is 37.8 Å². The Hall–Kier alpha value is -1.48. The first-order valence-corrected chi connectivity index (χ1v) is 13.1. The Labute approximate surface area is 195 Å². The zero-order chi connectivity index (χ0) is 22.1. The average molecular weight is 460 g/mol. The zero-order valence-electron chi connectivity index (χ0n) is 18.8. The van der Waals surface area contributed by atoms with E-state index in [1.807, 2.05) is 18.0 Å². The Morgan fingerprint density at radius 1 is 1.13 bits per heavy atom. The van der Waals surface area contributed by atoms with Gasteiger partial charge in [0.05, 0.1) is 16.8 Å². The standard InChI is InChI=1S/C23H35N6S2/c1-28-10-6-8-18(16-28)22(25)20(14-24)30-12-4-3-5-13-31-21-15-26-27-23(21)19-9-7-11-29(2)17-19/h8-9,14-15H,3-7,10-13,16-17,24H2,1-2H3,(H,26,27)/q-1/b20-14+. The molecule has 0 aromatic carbocycles. The van der Waals surface area contributed by atoms with Crippen LogP contribution >= 0.6 is 23.5 Å². The fourth-order valence-electron chi connectivity index (χ4n) is 3.85. The van der Waals surface area contributed by atoms with Crippen molar-refractivity contribution in [2.75, 3.05) is 51.8 Å². The SMILES string of the molecule is CN1CCC=C(C(=[N-])/C(=C\N)SCCCCCSc2cn[nH]c2C2=CCCN(C)C2)C1. The van der Waals surface area contributed by atoms with Gasteiger partial charge in [-0.25, -0.2) is 0 Å². The summed E-state index contributed by atoms with van der Waals surface area (Å²) in [6.45, 7) is 3.94. The third kappa shape index (κ3) is 7.27. The molecule has 3 rings (SSSR count). The molecule has 0 fully saturated rings. The number of rotatable bonds is 11. The van der Waals surface area contributed by atoms with Crippen molar-refractivity contribution in [3.8, 4) is 0 Å². The maximum atomic E-state index is 10.6. The first-order valence-electron chi connectivity index (χ1n) is 11.1. The van der Waals surface area contributed by atoms with Gasteiger partial charge in [-0.3, -0.25) is 5.10 Å². The molecular weight excluding hydrogens is 424 g/mol. The molecule has 0 amide bonds. The van der Waals surface area contributed by atoms with Crippen LogP contribution in [0.3, 0.4) is 0 Å². The van der Waals surface area contributed by atoms with E-state index in [0.717, 1.165) is 67.4 Å². The molecule has 0 radical (unpaired) electrons. The second-order valence-corrected chi connectivity index (χ2v) is 10.5. The molecular formula is C23H35N6S2-. The molecule has 2 aliphatic heterocycles. The van der Waals surface area contributed by atoms with E-state index in [0.29, 0.717) is 5.71 Å². The van der Waals surface area contributed by atoms with Crippen molar-refractivity contribution in [3.63, 3.8) is 0 Å². The number of hydrogen-bond acceptors (Lipinski definition) is 6. The van der Waals surface area contributed by atoms with Gasteiger partial charge in [0.1, 0.15) is 0 Å². The number of likely N-dealkylation sites (N-methyl/N-ethyl adjacent to an activating group) is 2. The fraction of sp³-hybridized carbons (Fsp3) is 0.565. The van der Waals surface area contributed by atoms with Crippen molar-refractivity contribution in [2.45, 2.75) is 37.0 Å². The van der Waals surface area contributed by atoms with Crippen LogP contribution in [0.5, 0.6) is 0 Å². The van der Waals surface area contributed by atoms with E-state index in [-0.39, 0.29) is 0 Å². The summed E-state index contributed by atoms with van der Waals surface area (Å²) in [5.41, 5.74) is 9.69. The smallest absolute Gasteiger partial charge is 0.0755 e. The van der Waals surface area contributed by atoms with Crippen LogP contribution in [0.25, 0.3) is 11.0 Å². The number of hydrogen-bond donors (Lipinski definition) is 2. The third-order valence-corrected chi connectivity index (χ3v) is 7.85. The normalized spacial score (nSPS) is 18.7. The number of nitrogens with zero attached hydrogens (tertiary/aromatic N) is 4. The molecule has 0 saturated heterocycles. The molecule has 31 heavy (non-hydrogen) atoms. The van der Waals surface area contributed by atoms with Crippen molar-refractivity contribution in [3.05, 3.63) is 46.1 Å². The summed E-state index contributed by atoms with van der Waals surface area (Å²) >= 11 is 3.55. The van der Waals surface area contributed by atoms with Gasteiger partial charge in [0.25, 0.3) is 0 Å². The Bertz CT molecular complexity index is 826. The highest BCUT2D eigenvalue weighted by atomic mass is 32.2. The minimum atomic E-state index is 0.352. The maximum Gasteiger partial charge on any atom is 0.0755 e. The minimum absolute atomic E-state index is 0.352. The predicted octanol–water partition coefficient (Wildman–Crippen LogP) is 4.20. The van der Waals surface area contributed by atoms with Crippen LogP contribution in [0.4, 0.5) is 0 Å². The van der Waals surface area contributed by atoms with Gasteiger partial charge in [0, 0.05) is 37.3 Å². The summed E-state index contributed by atoms with van der Waals surface area (Å²) < 4.78 is 0. The van der Waals surface area contributed by atoms with Crippen LogP contribution < -0.4 is 5.73 Å². The number of aromatic amines is 1. The largest absolute Gasteiger partial charge is 0.803 e.